The van der Waals surface area contributed by atoms with Gasteiger partial charge in [-0.25, -0.2) is 4.99 Å². The number of nitroso groups, excluding NO2 is 1. The summed E-state index contributed by atoms with van der Waals surface area (Å²) >= 11 is 0. The molecule has 0 fully saturated rings. The van der Waals surface area contributed by atoms with Crippen LogP contribution in [0.1, 0.15) is 6.42 Å². The number of hydrogen-bond donors (Lipinski definition) is 1. The van der Waals surface area contributed by atoms with Crippen molar-refractivity contribution < 1.29 is 4.79 Å². The number of hydrogen-bond acceptors (Lipinski definition) is 4. The Morgan fingerprint density at radius 1 is 1.05 bits per heavy atom. The third-order valence-electron chi connectivity index (χ3n) is 3.33. The smallest absolute Gasteiger partial charge is 0.239 e. The van der Waals surface area contributed by atoms with Crippen molar-refractivity contribution in [1.29, 1.82) is 0 Å². The molecule has 6 heteroatoms. The summed E-state index contributed by atoms with van der Waals surface area (Å²) in [6.45, 7) is -0.205. The highest BCUT2D eigenvalue weighted by Gasteiger charge is 2.26. The van der Waals surface area contributed by atoms with E-state index in [2.05, 4.69) is 15.5 Å². The van der Waals surface area contributed by atoms with Gasteiger partial charge in [-0.15, -0.1) is 4.91 Å². The number of nitrogens with one attached hydrogen (secondary N) is 1. The Labute approximate surface area is 127 Å². The lowest BCUT2D eigenvalue weighted by Gasteiger charge is -2.22. The van der Waals surface area contributed by atoms with Crippen molar-refractivity contribution in [3.63, 3.8) is 0 Å². The summed E-state index contributed by atoms with van der Waals surface area (Å²) in [6, 6.07) is 16.9. The average Bonchev–Trinajstić information content (AvgIpc) is 2.69. The Bertz CT molecular complexity index is 728. The number of para-hydroxylation sites is 3. The van der Waals surface area contributed by atoms with Gasteiger partial charge in [0, 0.05) is 5.69 Å². The highest BCUT2D eigenvalue weighted by molar-refractivity contribution is 6.18. The van der Waals surface area contributed by atoms with Crippen LogP contribution < -0.4 is 10.2 Å². The van der Waals surface area contributed by atoms with Crippen molar-refractivity contribution in [2.24, 2.45) is 10.2 Å². The molecule has 0 unspecified atom stereocenters. The van der Waals surface area contributed by atoms with E-state index in [0.717, 1.165) is 17.1 Å². The number of benzene rings is 2. The number of nitrogens with zero attached hydrogens (tertiary/aromatic N) is 3. The minimum Gasteiger partial charge on any atom is -0.342 e. The van der Waals surface area contributed by atoms with Gasteiger partial charge < -0.3 is 5.32 Å². The molecule has 1 heterocycles. The van der Waals surface area contributed by atoms with Crippen molar-refractivity contribution in [2.45, 2.75) is 6.42 Å². The molecule has 3 rings (SSSR count). The molecule has 0 radical (unpaired) electrons. The van der Waals surface area contributed by atoms with Crippen LogP contribution in [0.5, 0.6) is 0 Å². The molecule has 0 spiro atoms. The highest BCUT2D eigenvalue weighted by Crippen LogP contribution is 2.34. The maximum atomic E-state index is 12.6. The third-order valence-corrected chi connectivity index (χ3v) is 3.33. The molecule has 0 bridgehead atoms. The largest absolute Gasteiger partial charge is 0.342 e. The topological polar surface area (TPSA) is 74.1 Å². The van der Waals surface area contributed by atoms with Gasteiger partial charge >= 0.3 is 0 Å². The molecule has 0 saturated carbocycles. The molecule has 22 heavy (non-hydrogen) atoms. The molecule has 2 aromatic carbocycles. The maximum absolute atomic E-state index is 12.6. The number of carbonyl (C=O) groups is 1. The van der Waals surface area contributed by atoms with Crippen molar-refractivity contribution in [1.82, 2.24) is 0 Å². The first-order chi connectivity index (χ1) is 10.8. The van der Waals surface area contributed by atoms with Gasteiger partial charge in [0.1, 0.15) is 5.84 Å². The summed E-state index contributed by atoms with van der Waals surface area (Å²) < 4.78 is 0. The third kappa shape index (κ3) is 2.71. The van der Waals surface area contributed by atoms with Crippen LogP contribution in [0.2, 0.25) is 0 Å². The molecule has 1 N–H and O–H groups in total. The van der Waals surface area contributed by atoms with E-state index in [1.54, 1.807) is 4.90 Å². The summed E-state index contributed by atoms with van der Waals surface area (Å²) in [7, 11) is 0. The number of amides is 1. The first kappa shape index (κ1) is 13.9. The minimum atomic E-state index is -0.205. The Hall–Kier alpha value is -3.02. The van der Waals surface area contributed by atoms with Gasteiger partial charge in [-0.1, -0.05) is 30.3 Å². The average molecular weight is 294 g/mol. The fraction of sp³-hybridized carbons (Fsp3) is 0.125. The van der Waals surface area contributed by atoms with Crippen LogP contribution >= 0.6 is 0 Å². The van der Waals surface area contributed by atoms with Crippen molar-refractivity contribution in [3.8, 4) is 0 Å². The first-order valence-electron chi connectivity index (χ1n) is 6.86. The summed E-state index contributed by atoms with van der Waals surface area (Å²) in [6.07, 6.45) is 0.0824. The van der Waals surface area contributed by atoms with Gasteiger partial charge in [0.25, 0.3) is 0 Å². The van der Waals surface area contributed by atoms with E-state index < -0.39 is 0 Å². The van der Waals surface area contributed by atoms with Gasteiger partial charge in [-0.3, -0.25) is 9.69 Å². The monoisotopic (exact) mass is 294 g/mol. The van der Waals surface area contributed by atoms with E-state index in [1.807, 2.05) is 54.6 Å². The normalized spacial score (nSPS) is 15.9. The zero-order chi connectivity index (χ0) is 15.4. The van der Waals surface area contributed by atoms with Gasteiger partial charge in [0.05, 0.1) is 17.8 Å². The summed E-state index contributed by atoms with van der Waals surface area (Å²) in [5, 5.41) is 5.83. The summed E-state index contributed by atoms with van der Waals surface area (Å²) in [5.74, 6) is 0.323. The number of carbonyl (C=O) groups excluding carboxylic acids is 1. The second-order valence-electron chi connectivity index (χ2n) is 4.76. The molecule has 0 aromatic heterocycles. The molecule has 0 saturated heterocycles. The molecule has 1 aliphatic heterocycles. The fourth-order valence-corrected chi connectivity index (χ4v) is 2.40. The van der Waals surface area contributed by atoms with Crippen LogP contribution in [-0.2, 0) is 4.79 Å². The molecule has 110 valence electrons. The lowest BCUT2D eigenvalue weighted by atomic mass is 10.2. The lowest BCUT2D eigenvalue weighted by Crippen LogP contribution is -2.26. The zero-order valence-electron chi connectivity index (χ0n) is 11.8. The molecule has 0 aliphatic carbocycles. The van der Waals surface area contributed by atoms with E-state index in [-0.39, 0.29) is 19.0 Å². The SMILES string of the molecule is O=NC/N=C1\CC(=O)N(c2ccccc2)c2ccccc2N1. The number of fused-ring (bicyclic) bond motifs is 1. The highest BCUT2D eigenvalue weighted by atomic mass is 16.3. The van der Waals surface area contributed by atoms with Crippen molar-refractivity contribution in [2.75, 3.05) is 16.9 Å². The fourth-order valence-electron chi connectivity index (χ4n) is 2.40. The van der Waals surface area contributed by atoms with Crippen LogP contribution in [0.4, 0.5) is 17.1 Å². The second-order valence-corrected chi connectivity index (χ2v) is 4.76. The molecular weight excluding hydrogens is 280 g/mol. The minimum absolute atomic E-state index is 0.0824. The molecule has 6 nitrogen and oxygen atoms in total. The Morgan fingerprint density at radius 2 is 1.77 bits per heavy atom. The Balaban J connectivity index is 2.08. The van der Waals surface area contributed by atoms with Gasteiger partial charge in [0.15, 0.2) is 6.67 Å². The maximum Gasteiger partial charge on any atom is 0.239 e. The second kappa shape index (κ2) is 6.17. The van der Waals surface area contributed by atoms with E-state index >= 15 is 0 Å². The predicted octanol–water partition coefficient (Wildman–Crippen LogP) is 3.29. The number of amidine groups is 1. The van der Waals surface area contributed by atoms with Crippen LogP contribution in [0.3, 0.4) is 0 Å². The zero-order valence-corrected chi connectivity index (χ0v) is 11.8. The number of rotatable bonds is 3. The van der Waals surface area contributed by atoms with Gasteiger partial charge in [0.2, 0.25) is 5.91 Å². The molecule has 0 atom stereocenters. The Kier molecular flexibility index (Phi) is 3.91. The van der Waals surface area contributed by atoms with Crippen molar-refractivity contribution in [3.05, 3.63) is 59.5 Å². The first-order valence-corrected chi connectivity index (χ1v) is 6.86. The van der Waals surface area contributed by atoms with E-state index in [0.29, 0.717) is 5.84 Å². The molecule has 1 aliphatic rings. The summed E-state index contributed by atoms with van der Waals surface area (Å²) in [5.41, 5.74) is 2.31. The number of anilines is 3. The lowest BCUT2D eigenvalue weighted by molar-refractivity contribution is -0.116. The molecule has 2 aromatic rings. The van der Waals surface area contributed by atoms with E-state index in [9.17, 15) is 9.70 Å². The van der Waals surface area contributed by atoms with Crippen LogP contribution in [-0.4, -0.2) is 18.4 Å². The standard InChI is InChI=1S/C16H14N4O2/c21-16-10-15(17-11-18-22)19-13-8-4-5-9-14(13)20(16)12-6-2-1-3-7-12/h1-9H,10-11H2,(H,17,19). The van der Waals surface area contributed by atoms with Crippen LogP contribution in [0.25, 0.3) is 0 Å². The molecule has 1 amide bonds. The predicted molar refractivity (Wildman–Crippen MR) is 86.4 cm³/mol. The van der Waals surface area contributed by atoms with E-state index in [4.69, 9.17) is 0 Å². The van der Waals surface area contributed by atoms with Crippen LogP contribution in [0.15, 0.2) is 64.8 Å². The van der Waals surface area contributed by atoms with Crippen molar-refractivity contribution >= 4 is 28.8 Å². The number of aliphatic imine (C=N–C) groups is 1. The molecular formula is C16H14N4O2. The van der Waals surface area contributed by atoms with Gasteiger partial charge in [-0.05, 0) is 29.4 Å². The van der Waals surface area contributed by atoms with E-state index in [1.165, 1.54) is 0 Å². The quantitative estimate of drug-likeness (QED) is 0.883. The Morgan fingerprint density at radius 3 is 2.55 bits per heavy atom. The summed E-state index contributed by atoms with van der Waals surface area (Å²) in [4.78, 5) is 28.6. The van der Waals surface area contributed by atoms with Crippen LogP contribution in [0, 0.1) is 4.91 Å². The van der Waals surface area contributed by atoms with Gasteiger partial charge in [-0.2, -0.15) is 0 Å².